The minimum Gasteiger partial charge on any atom is -0.335 e. The highest BCUT2D eigenvalue weighted by molar-refractivity contribution is 6.30. The topological polar surface area (TPSA) is 47.1 Å². The smallest absolute Gasteiger partial charge is 0.152 e. The number of imidazole rings is 2. The van der Waals surface area contributed by atoms with Crippen molar-refractivity contribution in [2.45, 2.75) is 25.9 Å². The van der Waals surface area contributed by atoms with Crippen molar-refractivity contribution in [2.24, 2.45) is 5.92 Å². The molecular formula is C16H18ClN5. The van der Waals surface area contributed by atoms with Gasteiger partial charge in [-0.25, -0.2) is 9.97 Å². The highest BCUT2D eigenvalue weighted by atomic mass is 35.5. The molecule has 4 rings (SSSR count). The summed E-state index contributed by atoms with van der Waals surface area (Å²) in [5.41, 5.74) is 1.92. The highest BCUT2D eigenvalue weighted by Crippen LogP contribution is 2.19. The Morgan fingerprint density at radius 2 is 2.27 bits per heavy atom. The van der Waals surface area contributed by atoms with Crippen molar-refractivity contribution in [1.82, 2.24) is 24.3 Å². The molecule has 3 aromatic rings. The number of rotatable bonds is 4. The van der Waals surface area contributed by atoms with Gasteiger partial charge < -0.3 is 14.3 Å². The summed E-state index contributed by atoms with van der Waals surface area (Å²) in [6.07, 6.45) is 8.22. The van der Waals surface area contributed by atoms with E-state index in [0.29, 0.717) is 11.1 Å². The van der Waals surface area contributed by atoms with E-state index in [9.17, 15) is 0 Å². The first-order valence-corrected chi connectivity index (χ1v) is 8.01. The summed E-state index contributed by atoms with van der Waals surface area (Å²) in [5, 5.41) is 4.12. The van der Waals surface area contributed by atoms with Crippen LogP contribution in [0.5, 0.6) is 0 Å². The van der Waals surface area contributed by atoms with Crippen molar-refractivity contribution >= 4 is 17.2 Å². The lowest BCUT2D eigenvalue weighted by molar-refractivity contribution is 0.347. The number of nitrogens with one attached hydrogen (secondary N) is 1. The lowest BCUT2D eigenvalue weighted by Gasteiger charge is -2.24. The zero-order chi connectivity index (χ0) is 14.9. The molecule has 6 heteroatoms. The van der Waals surface area contributed by atoms with Crippen LogP contribution in [-0.4, -0.2) is 25.5 Å². The molecule has 0 spiro atoms. The van der Waals surface area contributed by atoms with E-state index >= 15 is 0 Å². The van der Waals surface area contributed by atoms with Crippen LogP contribution in [0, 0.1) is 5.92 Å². The fraction of sp³-hybridized carbons (Fsp3) is 0.375. The monoisotopic (exact) mass is 315 g/mol. The third-order valence-corrected chi connectivity index (χ3v) is 4.64. The predicted octanol–water partition coefficient (Wildman–Crippen LogP) is 2.54. The van der Waals surface area contributed by atoms with Crippen molar-refractivity contribution in [3.63, 3.8) is 0 Å². The summed E-state index contributed by atoms with van der Waals surface area (Å²) < 4.78 is 4.31. The molecule has 22 heavy (non-hydrogen) atoms. The largest absolute Gasteiger partial charge is 0.335 e. The number of pyridine rings is 1. The van der Waals surface area contributed by atoms with E-state index in [1.165, 1.54) is 12.2 Å². The van der Waals surface area contributed by atoms with E-state index in [1.54, 1.807) is 0 Å². The van der Waals surface area contributed by atoms with Crippen LogP contribution in [0.1, 0.15) is 17.9 Å². The van der Waals surface area contributed by atoms with Gasteiger partial charge in [0.25, 0.3) is 0 Å². The van der Waals surface area contributed by atoms with E-state index in [1.807, 2.05) is 35.0 Å². The fourth-order valence-corrected chi connectivity index (χ4v) is 3.42. The van der Waals surface area contributed by atoms with Crippen molar-refractivity contribution in [3.8, 4) is 0 Å². The van der Waals surface area contributed by atoms with E-state index in [-0.39, 0.29) is 0 Å². The van der Waals surface area contributed by atoms with Crippen molar-refractivity contribution in [3.05, 3.63) is 53.5 Å². The summed E-state index contributed by atoms with van der Waals surface area (Å²) in [5.74, 6) is 1.85. The van der Waals surface area contributed by atoms with Crippen LogP contribution in [-0.2, 0) is 19.5 Å². The molecule has 4 heterocycles. The van der Waals surface area contributed by atoms with Crippen LogP contribution in [0.2, 0.25) is 5.15 Å². The number of hydrogen-bond acceptors (Lipinski definition) is 3. The van der Waals surface area contributed by atoms with Gasteiger partial charge in [0.15, 0.2) is 5.15 Å². The Kier molecular flexibility index (Phi) is 3.60. The normalized spacial score (nSPS) is 17.8. The maximum Gasteiger partial charge on any atom is 0.152 e. The predicted molar refractivity (Wildman–Crippen MR) is 85.9 cm³/mol. The number of aryl methyl sites for hydroxylation is 1. The highest BCUT2D eigenvalue weighted by Gasteiger charge is 2.18. The maximum atomic E-state index is 6.26. The Morgan fingerprint density at radius 1 is 1.32 bits per heavy atom. The van der Waals surface area contributed by atoms with Crippen molar-refractivity contribution in [1.29, 1.82) is 0 Å². The molecule has 0 radical (unpaired) electrons. The third-order valence-electron chi connectivity index (χ3n) is 4.34. The van der Waals surface area contributed by atoms with Gasteiger partial charge in [0.05, 0.1) is 5.69 Å². The quantitative estimate of drug-likeness (QED) is 0.805. The first-order valence-electron chi connectivity index (χ1n) is 7.63. The number of nitrogens with zero attached hydrogens (tertiary/aromatic N) is 4. The standard InChI is InChI=1S/C16H18ClN5/c17-16-13(22-7-2-1-3-15(22)20-16)10-18-9-12-4-5-14-19-6-8-21(14)11-12/h1-3,6-8,12,18H,4-5,9-11H2. The van der Waals surface area contributed by atoms with Crippen LogP contribution < -0.4 is 5.32 Å². The van der Waals surface area contributed by atoms with Gasteiger partial charge in [-0.1, -0.05) is 17.7 Å². The Labute approximate surface area is 134 Å². The average molecular weight is 316 g/mol. The van der Waals surface area contributed by atoms with Gasteiger partial charge in [-0.2, -0.15) is 0 Å². The van der Waals surface area contributed by atoms with Gasteiger partial charge in [-0.3, -0.25) is 0 Å². The van der Waals surface area contributed by atoms with Crippen molar-refractivity contribution < 1.29 is 0 Å². The average Bonchev–Trinajstić information content (AvgIpc) is 3.11. The molecular weight excluding hydrogens is 298 g/mol. The second-order valence-electron chi connectivity index (χ2n) is 5.81. The molecule has 1 N–H and O–H groups in total. The van der Waals surface area contributed by atoms with E-state index in [4.69, 9.17) is 11.6 Å². The lowest BCUT2D eigenvalue weighted by atomic mass is 9.99. The zero-order valence-corrected chi connectivity index (χ0v) is 13.0. The summed E-state index contributed by atoms with van der Waals surface area (Å²) in [4.78, 5) is 8.75. The van der Waals surface area contributed by atoms with Gasteiger partial charge in [0, 0.05) is 44.6 Å². The summed E-state index contributed by atoms with van der Waals surface area (Å²) in [6, 6.07) is 5.94. The third kappa shape index (κ3) is 2.51. The van der Waals surface area contributed by atoms with Crippen LogP contribution in [0.4, 0.5) is 0 Å². The molecule has 1 aliphatic rings. The number of fused-ring (bicyclic) bond motifs is 2. The second-order valence-corrected chi connectivity index (χ2v) is 6.17. The first kappa shape index (κ1) is 13.8. The molecule has 0 saturated heterocycles. The van der Waals surface area contributed by atoms with Crippen LogP contribution >= 0.6 is 11.6 Å². The lowest BCUT2D eigenvalue weighted by Crippen LogP contribution is -2.30. The number of halogens is 1. The molecule has 1 aliphatic heterocycles. The summed E-state index contributed by atoms with van der Waals surface area (Å²) in [6.45, 7) is 2.76. The second kappa shape index (κ2) is 5.74. The molecule has 1 unspecified atom stereocenters. The summed E-state index contributed by atoms with van der Waals surface area (Å²) >= 11 is 6.26. The van der Waals surface area contributed by atoms with E-state index < -0.39 is 0 Å². The van der Waals surface area contributed by atoms with Crippen LogP contribution in [0.3, 0.4) is 0 Å². The maximum absolute atomic E-state index is 6.26. The molecule has 0 amide bonds. The molecule has 0 fully saturated rings. The van der Waals surface area contributed by atoms with Gasteiger partial charge in [-0.15, -0.1) is 0 Å². The van der Waals surface area contributed by atoms with Crippen LogP contribution in [0.25, 0.3) is 5.65 Å². The zero-order valence-electron chi connectivity index (χ0n) is 12.2. The molecule has 1 atom stereocenters. The van der Waals surface area contributed by atoms with Gasteiger partial charge in [0.1, 0.15) is 11.5 Å². The van der Waals surface area contributed by atoms with Gasteiger partial charge in [-0.05, 0) is 24.5 Å². The summed E-state index contributed by atoms with van der Waals surface area (Å²) in [7, 11) is 0. The SMILES string of the molecule is Clc1nc2ccccn2c1CNCC1CCc2nccn2C1. The first-order chi connectivity index (χ1) is 10.8. The van der Waals surface area contributed by atoms with E-state index in [0.717, 1.165) is 37.4 Å². The Morgan fingerprint density at radius 3 is 3.23 bits per heavy atom. The van der Waals surface area contributed by atoms with Crippen LogP contribution in [0.15, 0.2) is 36.8 Å². The molecule has 3 aromatic heterocycles. The number of aromatic nitrogens is 4. The molecule has 0 aliphatic carbocycles. The Bertz CT molecular complexity index is 791. The Hall–Kier alpha value is -1.85. The molecule has 0 saturated carbocycles. The molecule has 114 valence electrons. The molecule has 0 aromatic carbocycles. The van der Waals surface area contributed by atoms with Crippen molar-refractivity contribution in [2.75, 3.05) is 6.54 Å². The minimum absolute atomic E-state index is 0.583. The Balaban J connectivity index is 1.40. The van der Waals surface area contributed by atoms with E-state index in [2.05, 4.69) is 26.0 Å². The molecule has 5 nitrogen and oxygen atoms in total. The van der Waals surface area contributed by atoms with Gasteiger partial charge in [0.2, 0.25) is 0 Å². The minimum atomic E-state index is 0.583. The van der Waals surface area contributed by atoms with Gasteiger partial charge >= 0.3 is 0 Å². The fourth-order valence-electron chi connectivity index (χ4n) is 3.17. The molecule has 0 bridgehead atoms. The number of hydrogen-bond donors (Lipinski definition) is 1.